The lowest BCUT2D eigenvalue weighted by molar-refractivity contribution is -0.129. The number of phenols is 1. The Hall–Kier alpha value is -2.30. The second kappa shape index (κ2) is 5.36. The van der Waals surface area contributed by atoms with Crippen LogP contribution < -0.4 is 0 Å². The number of aromatic nitrogens is 2. The van der Waals surface area contributed by atoms with Crippen molar-refractivity contribution in [3.05, 3.63) is 48.5 Å². The Balaban J connectivity index is 1.73. The van der Waals surface area contributed by atoms with E-state index in [2.05, 4.69) is 4.98 Å². The lowest BCUT2D eigenvalue weighted by Crippen LogP contribution is -2.35. The zero-order valence-corrected chi connectivity index (χ0v) is 11.1. The molecule has 5 nitrogen and oxygen atoms in total. The van der Waals surface area contributed by atoms with Gasteiger partial charge in [-0.15, -0.1) is 0 Å². The van der Waals surface area contributed by atoms with Crippen molar-refractivity contribution in [3.63, 3.8) is 0 Å². The third kappa shape index (κ3) is 2.66. The lowest BCUT2D eigenvalue weighted by atomic mass is 10.1. The number of carbonyl (C=O) groups is 1. The number of carbonyl (C=O) groups excluding carboxylic acids is 1. The van der Waals surface area contributed by atoms with Crippen molar-refractivity contribution in [2.75, 3.05) is 0 Å². The summed E-state index contributed by atoms with van der Waals surface area (Å²) in [7, 11) is 0. The van der Waals surface area contributed by atoms with Crippen LogP contribution in [0.2, 0.25) is 0 Å². The second-order valence-corrected chi connectivity index (χ2v) is 5.14. The van der Waals surface area contributed by atoms with Gasteiger partial charge < -0.3 is 14.6 Å². The summed E-state index contributed by atoms with van der Waals surface area (Å²) < 4.78 is 2.00. The molecule has 1 aromatic carbocycles. The fraction of sp³-hybridized carbons (Fsp3) is 0.333. The molecule has 0 radical (unpaired) electrons. The SMILES string of the molecule is O=C1CC[C@@H](Cn2ccnc2)N1Cc1cccc(O)c1. The molecule has 1 aliphatic heterocycles. The average Bonchev–Trinajstić information content (AvgIpc) is 3.04. The van der Waals surface area contributed by atoms with Gasteiger partial charge in [0.25, 0.3) is 0 Å². The highest BCUT2D eigenvalue weighted by atomic mass is 16.3. The molecule has 0 bridgehead atoms. The summed E-state index contributed by atoms with van der Waals surface area (Å²) in [5, 5.41) is 9.51. The Labute approximate surface area is 117 Å². The van der Waals surface area contributed by atoms with Gasteiger partial charge in [0.1, 0.15) is 5.75 Å². The van der Waals surface area contributed by atoms with Crippen LogP contribution in [0, 0.1) is 0 Å². The van der Waals surface area contributed by atoms with Crippen molar-refractivity contribution in [1.82, 2.24) is 14.5 Å². The number of aromatic hydroxyl groups is 1. The zero-order valence-electron chi connectivity index (χ0n) is 11.1. The maximum Gasteiger partial charge on any atom is 0.223 e. The molecule has 2 aromatic rings. The van der Waals surface area contributed by atoms with Gasteiger partial charge in [0, 0.05) is 31.9 Å². The number of benzene rings is 1. The molecular formula is C15H17N3O2. The predicted octanol–water partition coefficient (Wildman–Crippen LogP) is 1.78. The smallest absolute Gasteiger partial charge is 0.223 e. The van der Waals surface area contributed by atoms with Crippen molar-refractivity contribution < 1.29 is 9.90 Å². The van der Waals surface area contributed by atoms with Crippen LogP contribution in [0.1, 0.15) is 18.4 Å². The van der Waals surface area contributed by atoms with E-state index in [9.17, 15) is 9.90 Å². The largest absolute Gasteiger partial charge is 0.508 e. The van der Waals surface area contributed by atoms with E-state index in [0.29, 0.717) is 13.0 Å². The van der Waals surface area contributed by atoms with Crippen molar-refractivity contribution >= 4 is 5.91 Å². The lowest BCUT2D eigenvalue weighted by Gasteiger charge is -2.25. The highest BCUT2D eigenvalue weighted by Gasteiger charge is 2.30. The molecule has 104 valence electrons. The molecule has 3 rings (SSSR count). The van der Waals surface area contributed by atoms with Crippen LogP contribution >= 0.6 is 0 Å². The quantitative estimate of drug-likeness (QED) is 0.922. The van der Waals surface area contributed by atoms with Gasteiger partial charge in [0.2, 0.25) is 5.91 Å². The Morgan fingerprint density at radius 1 is 1.40 bits per heavy atom. The van der Waals surface area contributed by atoms with Crippen LogP contribution in [0.5, 0.6) is 5.75 Å². The highest BCUT2D eigenvalue weighted by molar-refractivity contribution is 5.78. The molecule has 2 heterocycles. The molecule has 1 fully saturated rings. The highest BCUT2D eigenvalue weighted by Crippen LogP contribution is 2.23. The van der Waals surface area contributed by atoms with Gasteiger partial charge in [-0.1, -0.05) is 12.1 Å². The van der Waals surface area contributed by atoms with Crippen molar-refractivity contribution in [3.8, 4) is 5.75 Å². The third-order valence-electron chi connectivity index (χ3n) is 3.70. The summed E-state index contributed by atoms with van der Waals surface area (Å²) in [6.07, 6.45) is 6.90. The van der Waals surface area contributed by atoms with Gasteiger partial charge in [0.15, 0.2) is 0 Å². The molecule has 1 aromatic heterocycles. The molecule has 5 heteroatoms. The van der Waals surface area contributed by atoms with E-state index in [1.54, 1.807) is 30.7 Å². The van der Waals surface area contributed by atoms with E-state index >= 15 is 0 Å². The number of phenolic OH excluding ortho intramolecular Hbond substituents is 1. The second-order valence-electron chi connectivity index (χ2n) is 5.14. The monoisotopic (exact) mass is 271 g/mol. The minimum absolute atomic E-state index is 0.179. The molecule has 0 aliphatic carbocycles. The first-order chi connectivity index (χ1) is 9.72. The normalized spacial score (nSPS) is 18.7. The summed E-state index contributed by atoms with van der Waals surface area (Å²) in [6, 6.07) is 7.27. The van der Waals surface area contributed by atoms with E-state index in [0.717, 1.165) is 18.5 Å². The standard InChI is InChI=1S/C15H17N3O2/c19-14-3-1-2-12(8-14)9-18-13(4-5-15(18)20)10-17-7-6-16-11-17/h1-3,6-8,11,13,19H,4-5,9-10H2/t13-/m0/s1. The van der Waals surface area contributed by atoms with Crippen LogP contribution in [-0.2, 0) is 17.9 Å². The molecule has 1 atom stereocenters. The number of hydrogen-bond donors (Lipinski definition) is 1. The molecule has 0 unspecified atom stereocenters. The summed E-state index contributed by atoms with van der Waals surface area (Å²) in [5.74, 6) is 0.416. The first kappa shape index (κ1) is 12.7. The molecular weight excluding hydrogens is 254 g/mol. The van der Waals surface area contributed by atoms with Gasteiger partial charge in [-0.2, -0.15) is 0 Å². The summed E-state index contributed by atoms with van der Waals surface area (Å²) in [5.41, 5.74) is 0.955. The van der Waals surface area contributed by atoms with E-state index in [4.69, 9.17) is 0 Å². The molecule has 0 spiro atoms. The Bertz CT molecular complexity index is 595. The minimum Gasteiger partial charge on any atom is -0.508 e. The van der Waals surface area contributed by atoms with Crippen molar-refractivity contribution in [1.29, 1.82) is 0 Å². The topological polar surface area (TPSA) is 58.4 Å². The number of likely N-dealkylation sites (tertiary alicyclic amines) is 1. The van der Waals surface area contributed by atoms with Gasteiger partial charge in [-0.25, -0.2) is 4.98 Å². The molecule has 1 amide bonds. The van der Waals surface area contributed by atoms with Crippen molar-refractivity contribution in [2.24, 2.45) is 0 Å². The predicted molar refractivity (Wildman–Crippen MR) is 73.9 cm³/mol. The molecule has 20 heavy (non-hydrogen) atoms. The van der Waals surface area contributed by atoms with Gasteiger partial charge in [0.05, 0.1) is 12.4 Å². The fourth-order valence-electron chi connectivity index (χ4n) is 2.69. The number of rotatable bonds is 4. The van der Waals surface area contributed by atoms with Gasteiger partial charge in [-0.05, 0) is 24.1 Å². The van der Waals surface area contributed by atoms with Gasteiger partial charge in [-0.3, -0.25) is 4.79 Å². The molecule has 1 saturated heterocycles. The number of hydrogen-bond acceptors (Lipinski definition) is 3. The van der Waals surface area contributed by atoms with Crippen molar-refractivity contribution in [2.45, 2.75) is 32.0 Å². The van der Waals surface area contributed by atoms with Crippen LogP contribution in [0.3, 0.4) is 0 Å². The first-order valence-electron chi connectivity index (χ1n) is 6.75. The Morgan fingerprint density at radius 3 is 3.05 bits per heavy atom. The minimum atomic E-state index is 0.179. The first-order valence-corrected chi connectivity index (χ1v) is 6.75. The number of imidazole rings is 1. The van der Waals surface area contributed by atoms with Crippen LogP contribution in [0.4, 0.5) is 0 Å². The van der Waals surface area contributed by atoms with Crippen LogP contribution in [0.25, 0.3) is 0 Å². The van der Waals surface area contributed by atoms with Crippen LogP contribution in [0.15, 0.2) is 43.0 Å². The van der Waals surface area contributed by atoms with Crippen LogP contribution in [-0.4, -0.2) is 31.5 Å². The third-order valence-corrected chi connectivity index (χ3v) is 3.70. The van der Waals surface area contributed by atoms with E-state index in [1.165, 1.54) is 0 Å². The van der Waals surface area contributed by atoms with E-state index < -0.39 is 0 Å². The number of nitrogens with zero attached hydrogens (tertiary/aromatic N) is 3. The number of amides is 1. The van der Waals surface area contributed by atoms with E-state index in [1.807, 2.05) is 21.7 Å². The summed E-state index contributed by atoms with van der Waals surface area (Å²) in [4.78, 5) is 18.0. The van der Waals surface area contributed by atoms with E-state index in [-0.39, 0.29) is 17.7 Å². The molecule has 1 aliphatic rings. The molecule has 1 N–H and O–H groups in total. The summed E-state index contributed by atoms with van der Waals surface area (Å²) in [6.45, 7) is 1.32. The Morgan fingerprint density at radius 2 is 2.30 bits per heavy atom. The average molecular weight is 271 g/mol. The fourth-order valence-corrected chi connectivity index (χ4v) is 2.69. The zero-order chi connectivity index (χ0) is 13.9. The maximum absolute atomic E-state index is 12.0. The molecule has 0 saturated carbocycles. The Kier molecular flexibility index (Phi) is 3.41. The summed E-state index contributed by atoms with van der Waals surface area (Å²) >= 11 is 0. The van der Waals surface area contributed by atoms with Gasteiger partial charge >= 0.3 is 0 Å². The maximum atomic E-state index is 12.0.